The zero-order chi connectivity index (χ0) is 16.4. The van der Waals surface area contributed by atoms with Crippen molar-refractivity contribution in [2.45, 2.75) is 18.9 Å². The van der Waals surface area contributed by atoms with E-state index in [9.17, 15) is 14.4 Å². The van der Waals surface area contributed by atoms with Gasteiger partial charge in [0.1, 0.15) is 5.70 Å². The van der Waals surface area contributed by atoms with Crippen LogP contribution in [-0.4, -0.2) is 46.9 Å². The third-order valence-electron chi connectivity index (χ3n) is 3.69. The monoisotopic (exact) mass is 315 g/mol. The van der Waals surface area contributed by atoms with E-state index in [1.807, 2.05) is 0 Å². The van der Waals surface area contributed by atoms with Gasteiger partial charge in [0.15, 0.2) is 0 Å². The number of amides is 3. The molecular formula is C16H17N3O4. The van der Waals surface area contributed by atoms with Crippen molar-refractivity contribution in [1.82, 2.24) is 10.2 Å². The van der Waals surface area contributed by atoms with E-state index in [0.717, 1.165) is 17.7 Å². The van der Waals surface area contributed by atoms with E-state index in [1.54, 1.807) is 24.3 Å². The van der Waals surface area contributed by atoms with Gasteiger partial charge < -0.3 is 15.7 Å². The molecule has 0 unspecified atom stereocenters. The van der Waals surface area contributed by atoms with Crippen LogP contribution in [0.5, 0.6) is 0 Å². The van der Waals surface area contributed by atoms with Crippen LogP contribution in [0.4, 0.5) is 5.69 Å². The van der Waals surface area contributed by atoms with Crippen LogP contribution in [0.3, 0.4) is 0 Å². The molecule has 0 spiro atoms. The molecule has 1 heterocycles. The molecule has 0 aromatic heterocycles. The SMILES string of the molecule is O=C(NC1CC1)c1ccccc1NC1=CC(=O)N(CCO)C1=O. The maximum absolute atomic E-state index is 12.2. The third-order valence-corrected chi connectivity index (χ3v) is 3.69. The predicted octanol–water partition coefficient (Wildman–Crippen LogP) is 0.236. The number of aliphatic hydroxyl groups is 1. The van der Waals surface area contributed by atoms with Gasteiger partial charge in [0, 0.05) is 12.1 Å². The van der Waals surface area contributed by atoms with Crippen LogP contribution in [0.25, 0.3) is 0 Å². The Morgan fingerprint density at radius 3 is 2.70 bits per heavy atom. The summed E-state index contributed by atoms with van der Waals surface area (Å²) in [6, 6.07) is 7.04. The van der Waals surface area contributed by atoms with Crippen molar-refractivity contribution in [2.24, 2.45) is 0 Å². The molecule has 1 saturated carbocycles. The Morgan fingerprint density at radius 1 is 1.26 bits per heavy atom. The van der Waals surface area contributed by atoms with Crippen LogP contribution in [-0.2, 0) is 9.59 Å². The van der Waals surface area contributed by atoms with E-state index in [1.165, 1.54) is 6.08 Å². The van der Waals surface area contributed by atoms with Crippen molar-refractivity contribution in [2.75, 3.05) is 18.5 Å². The molecule has 23 heavy (non-hydrogen) atoms. The molecule has 1 aliphatic heterocycles. The van der Waals surface area contributed by atoms with Gasteiger partial charge in [-0.3, -0.25) is 19.3 Å². The molecule has 0 saturated heterocycles. The summed E-state index contributed by atoms with van der Waals surface area (Å²) in [5, 5.41) is 14.7. The first-order valence-electron chi connectivity index (χ1n) is 7.45. The predicted molar refractivity (Wildman–Crippen MR) is 82.4 cm³/mol. The Labute approximate surface area is 133 Å². The zero-order valence-corrected chi connectivity index (χ0v) is 12.4. The molecule has 1 aromatic carbocycles. The molecule has 7 nitrogen and oxygen atoms in total. The molecule has 1 aromatic rings. The van der Waals surface area contributed by atoms with Gasteiger partial charge in [-0.25, -0.2) is 0 Å². The second-order valence-electron chi connectivity index (χ2n) is 5.49. The highest BCUT2D eigenvalue weighted by Crippen LogP contribution is 2.23. The normalized spacial score (nSPS) is 17.3. The van der Waals surface area contributed by atoms with E-state index in [-0.39, 0.29) is 30.8 Å². The average molecular weight is 315 g/mol. The molecule has 3 rings (SSSR count). The summed E-state index contributed by atoms with van der Waals surface area (Å²) in [7, 11) is 0. The standard InChI is InChI=1S/C16H17N3O4/c20-8-7-19-14(21)9-13(16(19)23)18-12-4-2-1-3-11(12)15(22)17-10-5-6-10/h1-4,9-10,18,20H,5-8H2,(H,17,22). The Bertz CT molecular complexity index is 694. The van der Waals surface area contributed by atoms with Gasteiger partial charge in [-0.15, -0.1) is 0 Å². The maximum Gasteiger partial charge on any atom is 0.277 e. The highest BCUT2D eigenvalue weighted by Gasteiger charge is 2.31. The number of nitrogens with zero attached hydrogens (tertiary/aromatic N) is 1. The highest BCUT2D eigenvalue weighted by molar-refractivity contribution is 6.17. The number of imide groups is 1. The van der Waals surface area contributed by atoms with E-state index in [4.69, 9.17) is 5.11 Å². The molecule has 0 bridgehead atoms. The van der Waals surface area contributed by atoms with E-state index in [0.29, 0.717) is 11.3 Å². The van der Waals surface area contributed by atoms with Crippen molar-refractivity contribution in [3.05, 3.63) is 41.6 Å². The summed E-state index contributed by atoms with van der Waals surface area (Å²) >= 11 is 0. The second kappa shape index (κ2) is 6.21. The van der Waals surface area contributed by atoms with Gasteiger partial charge in [-0.2, -0.15) is 0 Å². The third kappa shape index (κ3) is 3.24. The molecule has 0 atom stereocenters. The Hall–Kier alpha value is -2.67. The fraction of sp³-hybridized carbons (Fsp3) is 0.312. The summed E-state index contributed by atoms with van der Waals surface area (Å²) in [6.07, 6.45) is 3.14. The van der Waals surface area contributed by atoms with Gasteiger partial charge in [0.2, 0.25) is 0 Å². The topological polar surface area (TPSA) is 98.7 Å². The van der Waals surface area contributed by atoms with E-state index >= 15 is 0 Å². The second-order valence-corrected chi connectivity index (χ2v) is 5.49. The lowest BCUT2D eigenvalue weighted by Crippen LogP contribution is -2.34. The smallest absolute Gasteiger partial charge is 0.277 e. The summed E-state index contributed by atoms with van der Waals surface area (Å²) in [4.78, 5) is 37.1. The summed E-state index contributed by atoms with van der Waals surface area (Å²) < 4.78 is 0. The van der Waals surface area contributed by atoms with Crippen LogP contribution >= 0.6 is 0 Å². The van der Waals surface area contributed by atoms with Crippen molar-refractivity contribution in [3.8, 4) is 0 Å². The van der Waals surface area contributed by atoms with E-state index < -0.39 is 11.8 Å². The Kier molecular flexibility index (Phi) is 4.12. The minimum Gasteiger partial charge on any atom is -0.395 e. The number of aliphatic hydroxyl groups excluding tert-OH is 1. The largest absolute Gasteiger partial charge is 0.395 e. The van der Waals surface area contributed by atoms with Crippen molar-refractivity contribution >= 4 is 23.4 Å². The lowest BCUT2D eigenvalue weighted by atomic mass is 10.1. The van der Waals surface area contributed by atoms with Gasteiger partial charge in [-0.05, 0) is 25.0 Å². The lowest BCUT2D eigenvalue weighted by molar-refractivity contribution is -0.137. The first-order chi connectivity index (χ1) is 11.1. The lowest BCUT2D eigenvalue weighted by Gasteiger charge is -2.15. The van der Waals surface area contributed by atoms with Gasteiger partial charge in [0.05, 0.1) is 24.4 Å². The number of anilines is 1. The van der Waals surface area contributed by atoms with E-state index in [2.05, 4.69) is 10.6 Å². The molecule has 7 heteroatoms. The average Bonchev–Trinajstić information content (AvgIpc) is 3.31. The number of hydrogen-bond acceptors (Lipinski definition) is 5. The zero-order valence-electron chi connectivity index (χ0n) is 12.4. The number of para-hydroxylation sites is 1. The van der Waals surface area contributed by atoms with Crippen LogP contribution in [0, 0.1) is 0 Å². The molecular weight excluding hydrogens is 298 g/mol. The first kappa shape index (κ1) is 15.2. The van der Waals surface area contributed by atoms with Crippen molar-refractivity contribution in [3.63, 3.8) is 0 Å². The number of β-amino-alcohol motifs (C(OH)–C–C–N with tert-alkyl or cyclic N) is 1. The number of carbonyl (C=O) groups excluding carboxylic acids is 3. The maximum atomic E-state index is 12.2. The summed E-state index contributed by atoms with van der Waals surface area (Å²) in [6.45, 7) is -0.345. The number of nitrogens with one attached hydrogen (secondary N) is 2. The van der Waals surface area contributed by atoms with Crippen LogP contribution in [0.15, 0.2) is 36.0 Å². The fourth-order valence-corrected chi connectivity index (χ4v) is 2.34. The molecule has 2 aliphatic rings. The molecule has 0 radical (unpaired) electrons. The van der Waals surface area contributed by atoms with Gasteiger partial charge >= 0.3 is 0 Å². The number of rotatable bonds is 6. The number of hydrogen-bond donors (Lipinski definition) is 3. The quantitative estimate of drug-likeness (QED) is 0.653. The summed E-state index contributed by atoms with van der Waals surface area (Å²) in [5.74, 6) is -1.20. The van der Waals surface area contributed by atoms with Crippen LogP contribution in [0.1, 0.15) is 23.2 Å². The minimum absolute atomic E-state index is 0.0524. The molecule has 1 aliphatic carbocycles. The number of carbonyl (C=O) groups is 3. The van der Waals surface area contributed by atoms with Gasteiger partial charge in [-0.1, -0.05) is 12.1 Å². The van der Waals surface area contributed by atoms with Crippen molar-refractivity contribution in [1.29, 1.82) is 0 Å². The Balaban J connectivity index is 1.78. The van der Waals surface area contributed by atoms with Crippen LogP contribution in [0.2, 0.25) is 0 Å². The Morgan fingerprint density at radius 2 is 2.00 bits per heavy atom. The fourth-order valence-electron chi connectivity index (χ4n) is 2.34. The molecule has 120 valence electrons. The minimum atomic E-state index is -0.513. The van der Waals surface area contributed by atoms with Crippen molar-refractivity contribution < 1.29 is 19.5 Å². The van der Waals surface area contributed by atoms with Gasteiger partial charge in [0.25, 0.3) is 17.7 Å². The molecule has 3 amide bonds. The highest BCUT2D eigenvalue weighted by atomic mass is 16.3. The molecule has 3 N–H and O–H groups in total. The first-order valence-corrected chi connectivity index (χ1v) is 7.45. The number of benzene rings is 1. The van der Waals surface area contributed by atoms with Crippen LogP contribution < -0.4 is 10.6 Å². The summed E-state index contributed by atoms with van der Waals surface area (Å²) in [5.41, 5.74) is 0.972. The molecule has 1 fully saturated rings.